The van der Waals surface area contributed by atoms with Gasteiger partial charge in [-0.3, -0.25) is 4.57 Å². The van der Waals surface area contributed by atoms with E-state index in [1.54, 1.807) is 6.07 Å². The molecule has 0 aliphatic carbocycles. The fourth-order valence-electron chi connectivity index (χ4n) is 1.08. The standard InChI is InChI=1S/C8H11O5P.BrH/c1-13-7-4-2-3-6(8(7)9)5-14(10,11)12;/h2-4,9H,5H2,1H3,(H2,10,11,12);1H. The molecule has 0 radical (unpaired) electrons. The fraction of sp³-hybridized carbons (Fsp3) is 0.250. The minimum absolute atomic E-state index is 0. The van der Waals surface area contributed by atoms with Gasteiger partial charge in [-0.1, -0.05) is 12.1 Å². The Hall–Kier alpha value is -0.550. The first-order chi connectivity index (χ1) is 6.44. The summed E-state index contributed by atoms with van der Waals surface area (Å²) in [5.74, 6) is -0.0192. The molecule has 0 atom stereocenters. The molecule has 7 heteroatoms. The maximum atomic E-state index is 10.7. The summed E-state index contributed by atoms with van der Waals surface area (Å²) in [7, 11) is -2.79. The van der Waals surface area contributed by atoms with Crippen LogP contribution in [0.3, 0.4) is 0 Å². The van der Waals surface area contributed by atoms with Crippen LogP contribution in [-0.2, 0) is 10.7 Å². The Bertz CT molecular complexity index is 375. The van der Waals surface area contributed by atoms with Gasteiger partial charge in [0.2, 0.25) is 0 Å². The molecular weight excluding hydrogens is 287 g/mol. The molecule has 0 spiro atoms. The Morgan fingerprint density at radius 2 is 2.00 bits per heavy atom. The Morgan fingerprint density at radius 1 is 1.40 bits per heavy atom. The summed E-state index contributed by atoms with van der Waals surface area (Å²) < 4.78 is 15.5. The number of halogens is 1. The number of rotatable bonds is 3. The van der Waals surface area contributed by atoms with Gasteiger partial charge in [0.1, 0.15) is 0 Å². The van der Waals surface area contributed by atoms with Crippen molar-refractivity contribution in [1.29, 1.82) is 0 Å². The minimum Gasteiger partial charge on any atom is -0.504 e. The van der Waals surface area contributed by atoms with E-state index in [9.17, 15) is 9.67 Å². The first-order valence-electron chi connectivity index (χ1n) is 3.83. The first-order valence-corrected chi connectivity index (χ1v) is 5.63. The van der Waals surface area contributed by atoms with E-state index < -0.39 is 13.8 Å². The zero-order valence-electron chi connectivity index (χ0n) is 7.95. The largest absolute Gasteiger partial charge is 0.504 e. The lowest BCUT2D eigenvalue weighted by Crippen LogP contribution is -1.90. The van der Waals surface area contributed by atoms with Crippen molar-refractivity contribution in [2.24, 2.45) is 0 Å². The summed E-state index contributed by atoms with van der Waals surface area (Å²) >= 11 is 0. The topological polar surface area (TPSA) is 87.0 Å². The lowest BCUT2D eigenvalue weighted by molar-refractivity contribution is 0.362. The number of methoxy groups -OCH3 is 1. The van der Waals surface area contributed by atoms with E-state index in [-0.39, 0.29) is 34.0 Å². The predicted molar refractivity (Wildman–Crippen MR) is 60.7 cm³/mol. The molecule has 0 aromatic heterocycles. The molecule has 1 rings (SSSR count). The molecule has 0 saturated heterocycles. The lowest BCUT2D eigenvalue weighted by atomic mass is 10.2. The van der Waals surface area contributed by atoms with Crippen LogP contribution in [-0.4, -0.2) is 22.0 Å². The smallest absolute Gasteiger partial charge is 0.330 e. The zero-order chi connectivity index (χ0) is 10.8. The van der Waals surface area contributed by atoms with Crippen LogP contribution in [0.5, 0.6) is 11.5 Å². The van der Waals surface area contributed by atoms with Crippen molar-refractivity contribution < 1.29 is 24.2 Å². The number of benzene rings is 1. The van der Waals surface area contributed by atoms with Crippen molar-refractivity contribution in [3.8, 4) is 11.5 Å². The van der Waals surface area contributed by atoms with Gasteiger partial charge in [0, 0.05) is 5.56 Å². The highest BCUT2D eigenvalue weighted by atomic mass is 79.9. The summed E-state index contributed by atoms with van der Waals surface area (Å²) in [5, 5.41) is 9.48. The summed E-state index contributed by atoms with van der Waals surface area (Å²) in [4.78, 5) is 17.4. The van der Waals surface area contributed by atoms with Crippen molar-refractivity contribution in [2.75, 3.05) is 7.11 Å². The maximum Gasteiger partial charge on any atom is 0.330 e. The summed E-state index contributed by atoms with van der Waals surface area (Å²) in [6.07, 6.45) is -0.490. The van der Waals surface area contributed by atoms with Crippen molar-refractivity contribution in [3.05, 3.63) is 23.8 Å². The van der Waals surface area contributed by atoms with Gasteiger partial charge >= 0.3 is 7.60 Å². The van der Waals surface area contributed by atoms with Crippen molar-refractivity contribution in [3.63, 3.8) is 0 Å². The van der Waals surface area contributed by atoms with Crippen LogP contribution in [0, 0.1) is 0 Å². The monoisotopic (exact) mass is 298 g/mol. The molecule has 0 amide bonds. The second-order valence-corrected chi connectivity index (χ2v) is 4.44. The van der Waals surface area contributed by atoms with Crippen LogP contribution in [0.25, 0.3) is 0 Å². The fourth-order valence-corrected chi connectivity index (χ4v) is 1.78. The predicted octanol–water partition coefficient (Wildman–Crippen LogP) is 1.66. The average molecular weight is 299 g/mol. The number of phenols is 1. The van der Waals surface area contributed by atoms with E-state index in [4.69, 9.17) is 14.5 Å². The number of hydrogen-bond acceptors (Lipinski definition) is 3. The highest BCUT2D eigenvalue weighted by Gasteiger charge is 2.18. The molecule has 0 saturated carbocycles. The Labute approximate surface area is 97.6 Å². The van der Waals surface area contributed by atoms with Crippen molar-refractivity contribution >= 4 is 24.6 Å². The molecule has 1 aromatic rings. The van der Waals surface area contributed by atoms with Gasteiger partial charge in [0.05, 0.1) is 13.3 Å². The molecule has 0 bridgehead atoms. The van der Waals surface area contributed by atoms with E-state index in [0.717, 1.165) is 0 Å². The van der Waals surface area contributed by atoms with Gasteiger partial charge < -0.3 is 19.6 Å². The van der Waals surface area contributed by atoms with E-state index in [2.05, 4.69) is 0 Å². The Morgan fingerprint density at radius 3 is 2.47 bits per heavy atom. The number of hydrogen-bond donors (Lipinski definition) is 3. The molecule has 1 aromatic carbocycles. The van der Waals surface area contributed by atoms with Crippen LogP contribution in [0.15, 0.2) is 18.2 Å². The van der Waals surface area contributed by atoms with Gasteiger partial charge in [-0.25, -0.2) is 0 Å². The quantitative estimate of drug-likeness (QED) is 0.739. The number of aromatic hydroxyl groups is 1. The summed E-state index contributed by atoms with van der Waals surface area (Å²) in [6.45, 7) is 0. The molecule has 0 aliphatic heterocycles. The molecule has 0 unspecified atom stereocenters. The molecular formula is C8H12BrO5P. The van der Waals surface area contributed by atoms with Crippen molar-refractivity contribution in [2.45, 2.75) is 6.16 Å². The second-order valence-electron chi connectivity index (χ2n) is 2.79. The SMILES string of the molecule is Br.COc1cccc(CP(=O)(O)O)c1O. The van der Waals surface area contributed by atoms with Crippen LogP contribution in [0.4, 0.5) is 0 Å². The van der Waals surface area contributed by atoms with Crippen LogP contribution in [0.1, 0.15) is 5.56 Å². The highest BCUT2D eigenvalue weighted by molar-refractivity contribution is 8.93. The van der Waals surface area contributed by atoms with Gasteiger partial charge in [-0.05, 0) is 6.07 Å². The molecule has 3 N–H and O–H groups in total. The van der Waals surface area contributed by atoms with Gasteiger partial charge in [0.25, 0.3) is 0 Å². The lowest BCUT2D eigenvalue weighted by Gasteiger charge is -2.09. The second kappa shape index (κ2) is 5.51. The van der Waals surface area contributed by atoms with Crippen LogP contribution < -0.4 is 4.74 Å². The summed E-state index contributed by atoms with van der Waals surface area (Å²) in [5.41, 5.74) is 0.178. The third-order valence-corrected chi connectivity index (χ3v) is 2.43. The first kappa shape index (κ1) is 14.5. The van der Waals surface area contributed by atoms with E-state index in [0.29, 0.717) is 0 Å². The Kier molecular flexibility index (Phi) is 5.31. The molecule has 86 valence electrons. The van der Waals surface area contributed by atoms with Gasteiger partial charge in [0.15, 0.2) is 11.5 Å². The molecule has 0 heterocycles. The average Bonchev–Trinajstić information content (AvgIpc) is 2.06. The molecule has 0 aliphatic rings. The Balaban J connectivity index is 0.00000196. The van der Waals surface area contributed by atoms with Gasteiger partial charge in [-0.15, -0.1) is 17.0 Å². The van der Waals surface area contributed by atoms with Crippen LogP contribution in [0.2, 0.25) is 0 Å². The van der Waals surface area contributed by atoms with E-state index in [1.807, 2.05) is 0 Å². The van der Waals surface area contributed by atoms with E-state index >= 15 is 0 Å². The van der Waals surface area contributed by atoms with Gasteiger partial charge in [-0.2, -0.15) is 0 Å². The molecule has 15 heavy (non-hydrogen) atoms. The summed E-state index contributed by atoms with van der Waals surface area (Å²) in [6, 6.07) is 4.51. The third kappa shape index (κ3) is 4.22. The zero-order valence-corrected chi connectivity index (χ0v) is 10.6. The number of ether oxygens (including phenoxy) is 1. The normalized spacial score (nSPS) is 10.6. The highest BCUT2D eigenvalue weighted by Crippen LogP contribution is 2.43. The molecule has 5 nitrogen and oxygen atoms in total. The molecule has 0 fully saturated rings. The van der Waals surface area contributed by atoms with Crippen LogP contribution >= 0.6 is 24.6 Å². The van der Waals surface area contributed by atoms with E-state index in [1.165, 1.54) is 19.2 Å². The minimum atomic E-state index is -4.16. The number of para-hydroxylation sites is 1. The maximum absolute atomic E-state index is 10.7. The third-order valence-electron chi connectivity index (χ3n) is 1.68. The number of phenolic OH excluding ortho intramolecular Hbond substituents is 1. The van der Waals surface area contributed by atoms with Crippen molar-refractivity contribution in [1.82, 2.24) is 0 Å².